The van der Waals surface area contributed by atoms with E-state index in [1.165, 1.54) is 0 Å². The molecular formula is C14H18BrNO3. The molecule has 0 radical (unpaired) electrons. The van der Waals surface area contributed by atoms with Gasteiger partial charge in [0, 0.05) is 25.0 Å². The van der Waals surface area contributed by atoms with Gasteiger partial charge in [0.05, 0.1) is 12.2 Å². The van der Waals surface area contributed by atoms with Crippen LogP contribution in [0, 0.1) is 6.92 Å². The lowest BCUT2D eigenvalue weighted by Gasteiger charge is -2.13. The lowest BCUT2D eigenvalue weighted by Crippen LogP contribution is -2.21. The Morgan fingerprint density at radius 2 is 2.11 bits per heavy atom. The predicted octanol–water partition coefficient (Wildman–Crippen LogP) is 2.82. The summed E-state index contributed by atoms with van der Waals surface area (Å²) in [6, 6.07) is 3.62. The second kappa shape index (κ2) is 7.28. The predicted molar refractivity (Wildman–Crippen MR) is 77.7 cm³/mol. The van der Waals surface area contributed by atoms with Gasteiger partial charge in [0.1, 0.15) is 5.75 Å². The summed E-state index contributed by atoms with van der Waals surface area (Å²) in [5.74, 6) is 0.669. The highest BCUT2D eigenvalue weighted by atomic mass is 79.9. The third-order valence-corrected chi connectivity index (χ3v) is 3.13. The van der Waals surface area contributed by atoms with Crippen LogP contribution in [0.5, 0.6) is 5.75 Å². The van der Waals surface area contributed by atoms with Crippen molar-refractivity contribution in [1.29, 1.82) is 0 Å². The monoisotopic (exact) mass is 327 g/mol. The Hall–Kier alpha value is -1.36. The van der Waals surface area contributed by atoms with E-state index < -0.39 is 0 Å². The Morgan fingerprint density at radius 1 is 1.42 bits per heavy atom. The molecule has 0 unspecified atom stereocenters. The molecule has 0 bridgehead atoms. The molecule has 0 saturated carbocycles. The van der Waals surface area contributed by atoms with Crippen molar-refractivity contribution in [2.45, 2.75) is 19.8 Å². The van der Waals surface area contributed by atoms with E-state index in [0.717, 1.165) is 16.3 Å². The normalized spacial score (nSPS) is 10.1. The Morgan fingerprint density at radius 3 is 2.68 bits per heavy atom. The standard InChI is InChI=1S/C14H18BrNO3/c1-10-7-12(15)8-11(9-17)14(10)19-6-4-5-13(18)16(2)3/h7-9H,4-6H2,1-3H3. The van der Waals surface area contributed by atoms with Crippen molar-refractivity contribution >= 4 is 28.1 Å². The average molecular weight is 328 g/mol. The first-order chi connectivity index (χ1) is 8.95. The molecule has 0 atom stereocenters. The third-order valence-electron chi connectivity index (χ3n) is 2.68. The summed E-state index contributed by atoms with van der Waals surface area (Å²) in [4.78, 5) is 24.0. The molecule has 1 aromatic rings. The van der Waals surface area contributed by atoms with E-state index in [0.29, 0.717) is 30.8 Å². The van der Waals surface area contributed by atoms with Crippen LogP contribution in [0.2, 0.25) is 0 Å². The van der Waals surface area contributed by atoms with Crippen LogP contribution in [0.15, 0.2) is 16.6 Å². The first kappa shape index (κ1) is 15.7. The van der Waals surface area contributed by atoms with Crippen LogP contribution in [-0.2, 0) is 4.79 Å². The summed E-state index contributed by atoms with van der Waals surface area (Å²) >= 11 is 3.34. The summed E-state index contributed by atoms with van der Waals surface area (Å²) in [5.41, 5.74) is 1.42. The third kappa shape index (κ3) is 4.67. The van der Waals surface area contributed by atoms with Crippen molar-refractivity contribution in [2.75, 3.05) is 20.7 Å². The van der Waals surface area contributed by atoms with Crippen LogP contribution < -0.4 is 4.74 Å². The fraction of sp³-hybridized carbons (Fsp3) is 0.429. The zero-order valence-electron chi connectivity index (χ0n) is 11.4. The maximum absolute atomic E-state index is 11.4. The molecule has 0 aliphatic rings. The fourth-order valence-electron chi connectivity index (χ4n) is 1.66. The lowest BCUT2D eigenvalue weighted by atomic mass is 10.1. The SMILES string of the molecule is Cc1cc(Br)cc(C=O)c1OCCCC(=O)N(C)C. The maximum Gasteiger partial charge on any atom is 0.222 e. The molecule has 4 nitrogen and oxygen atoms in total. The zero-order chi connectivity index (χ0) is 14.4. The minimum absolute atomic E-state index is 0.0757. The molecule has 104 valence electrons. The summed E-state index contributed by atoms with van der Waals surface area (Å²) in [7, 11) is 3.46. The van der Waals surface area contributed by atoms with Crippen LogP contribution in [0.3, 0.4) is 0 Å². The molecule has 1 aromatic carbocycles. The van der Waals surface area contributed by atoms with Crippen LogP contribution in [0.1, 0.15) is 28.8 Å². The minimum Gasteiger partial charge on any atom is -0.493 e. The molecule has 0 N–H and O–H groups in total. The Kier molecular flexibility index (Phi) is 6.02. The van der Waals surface area contributed by atoms with Gasteiger partial charge >= 0.3 is 0 Å². The summed E-state index contributed by atoms with van der Waals surface area (Å²) in [5, 5.41) is 0. The lowest BCUT2D eigenvalue weighted by molar-refractivity contribution is -0.128. The van der Waals surface area contributed by atoms with Crippen molar-refractivity contribution in [3.63, 3.8) is 0 Å². The molecule has 0 aliphatic carbocycles. The summed E-state index contributed by atoms with van der Waals surface area (Å²) in [6.45, 7) is 2.31. The fourth-order valence-corrected chi connectivity index (χ4v) is 2.25. The van der Waals surface area contributed by atoms with E-state index in [-0.39, 0.29) is 5.91 Å². The Bertz CT molecular complexity index is 472. The van der Waals surface area contributed by atoms with Crippen LogP contribution in [0.25, 0.3) is 0 Å². The number of amides is 1. The molecule has 5 heteroatoms. The topological polar surface area (TPSA) is 46.6 Å². The number of ether oxygens (including phenoxy) is 1. The van der Waals surface area contributed by atoms with Crippen molar-refractivity contribution in [3.8, 4) is 5.75 Å². The number of aryl methyl sites for hydroxylation is 1. The van der Waals surface area contributed by atoms with E-state index in [1.54, 1.807) is 25.1 Å². The molecule has 0 saturated heterocycles. The van der Waals surface area contributed by atoms with Gasteiger partial charge < -0.3 is 9.64 Å². The van der Waals surface area contributed by atoms with Gasteiger partial charge in [0.2, 0.25) is 5.91 Å². The van der Waals surface area contributed by atoms with Crippen molar-refractivity contribution in [2.24, 2.45) is 0 Å². The summed E-state index contributed by atoms with van der Waals surface area (Å²) in [6.07, 6.45) is 1.85. The molecule has 0 aliphatic heterocycles. The molecule has 0 heterocycles. The molecule has 0 aromatic heterocycles. The number of hydrogen-bond donors (Lipinski definition) is 0. The van der Waals surface area contributed by atoms with E-state index >= 15 is 0 Å². The number of benzene rings is 1. The number of aldehydes is 1. The molecule has 1 rings (SSSR count). The van der Waals surface area contributed by atoms with Crippen LogP contribution >= 0.6 is 15.9 Å². The highest BCUT2D eigenvalue weighted by Gasteiger charge is 2.09. The van der Waals surface area contributed by atoms with Crippen molar-refractivity contribution in [3.05, 3.63) is 27.7 Å². The number of hydrogen-bond acceptors (Lipinski definition) is 3. The first-order valence-electron chi connectivity index (χ1n) is 6.04. The maximum atomic E-state index is 11.4. The van der Waals surface area contributed by atoms with Gasteiger partial charge in [0.15, 0.2) is 6.29 Å². The number of nitrogens with zero attached hydrogens (tertiary/aromatic N) is 1. The second-order valence-corrected chi connectivity index (χ2v) is 5.41. The quantitative estimate of drug-likeness (QED) is 0.596. The molecular weight excluding hydrogens is 310 g/mol. The van der Waals surface area contributed by atoms with Gasteiger partial charge in [-0.3, -0.25) is 9.59 Å². The van der Waals surface area contributed by atoms with Gasteiger partial charge in [-0.1, -0.05) is 15.9 Å². The molecule has 19 heavy (non-hydrogen) atoms. The number of halogens is 1. The van der Waals surface area contributed by atoms with Crippen LogP contribution in [-0.4, -0.2) is 37.8 Å². The second-order valence-electron chi connectivity index (χ2n) is 4.50. The van der Waals surface area contributed by atoms with Gasteiger partial charge in [-0.05, 0) is 31.0 Å². The number of rotatable bonds is 6. The highest BCUT2D eigenvalue weighted by Crippen LogP contribution is 2.27. The molecule has 0 fully saturated rings. The number of carbonyl (C=O) groups is 2. The molecule has 0 spiro atoms. The molecule has 1 amide bonds. The minimum atomic E-state index is 0.0757. The summed E-state index contributed by atoms with van der Waals surface area (Å²) < 4.78 is 6.47. The highest BCUT2D eigenvalue weighted by molar-refractivity contribution is 9.10. The van der Waals surface area contributed by atoms with Gasteiger partial charge in [-0.2, -0.15) is 0 Å². The van der Waals surface area contributed by atoms with E-state index in [9.17, 15) is 9.59 Å². The first-order valence-corrected chi connectivity index (χ1v) is 6.83. The van der Waals surface area contributed by atoms with E-state index in [4.69, 9.17) is 4.74 Å². The largest absolute Gasteiger partial charge is 0.493 e. The van der Waals surface area contributed by atoms with Gasteiger partial charge in [0.25, 0.3) is 0 Å². The zero-order valence-corrected chi connectivity index (χ0v) is 13.0. The average Bonchev–Trinajstić information content (AvgIpc) is 2.35. The Balaban J connectivity index is 2.58. The van der Waals surface area contributed by atoms with Gasteiger partial charge in [-0.15, -0.1) is 0 Å². The number of carbonyl (C=O) groups excluding carboxylic acids is 2. The van der Waals surface area contributed by atoms with Crippen LogP contribution in [0.4, 0.5) is 0 Å². The Labute approximate surface area is 121 Å². The van der Waals surface area contributed by atoms with E-state index in [2.05, 4.69) is 15.9 Å². The smallest absolute Gasteiger partial charge is 0.222 e. The van der Waals surface area contributed by atoms with E-state index in [1.807, 2.05) is 13.0 Å². The van der Waals surface area contributed by atoms with Crippen molar-refractivity contribution in [1.82, 2.24) is 4.90 Å². The van der Waals surface area contributed by atoms with Crippen molar-refractivity contribution < 1.29 is 14.3 Å². The van der Waals surface area contributed by atoms with Gasteiger partial charge in [-0.25, -0.2) is 0 Å².